The van der Waals surface area contributed by atoms with Gasteiger partial charge in [0.2, 0.25) is 10.0 Å². The topological polar surface area (TPSA) is 107 Å². The minimum absolute atomic E-state index is 0.00111. The summed E-state index contributed by atoms with van der Waals surface area (Å²) in [6.07, 6.45) is 1.44. The summed E-state index contributed by atoms with van der Waals surface area (Å²) in [4.78, 5) is 24.1. The predicted octanol–water partition coefficient (Wildman–Crippen LogP) is 3.03. The van der Waals surface area contributed by atoms with Gasteiger partial charge in [0.15, 0.2) is 0 Å². The highest BCUT2D eigenvalue weighted by atomic mass is 32.2. The number of benzene rings is 1. The molecule has 0 bridgehead atoms. The van der Waals surface area contributed by atoms with E-state index in [1.165, 1.54) is 12.8 Å². The van der Waals surface area contributed by atoms with Gasteiger partial charge in [-0.2, -0.15) is 17.5 Å². The monoisotopic (exact) mass is 521 g/mol. The number of sulfonamides is 1. The van der Waals surface area contributed by atoms with Crippen molar-refractivity contribution in [3.8, 4) is 0 Å². The van der Waals surface area contributed by atoms with E-state index in [0.717, 1.165) is 31.2 Å². The average Bonchev–Trinajstić information content (AvgIpc) is 3.09. The van der Waals surface area contributed by atoms with Crippen molar-refractivity contribution in [3.05, 3.63) is 35.4 Å². The molecule has 1 amide bonds. The molecule has 0 atom stereocenters. The number of nitrogens with zero attached hydrogens (tertiary/aromatic N) is 2. The Morgan fingerprint density at radius 2 is 1.63 bits per heavy atom. The summed E-state index contributed by atoms with van der Waals surface area (Å²) in [6, 6.07) is 7.73. The molecule has 2 fully saturated rings. The molecule has 1 saturated heterocycles. The molecular formula is C23H34F3N3O5S. The summed E-state index contributed by atoms with van der Waals surface area (Å²) in [5.74, 6) is -2.78. The molecule has 0 aromatic heterocycles. The van der Waals surface area contributed by atoms with Crippen molar-refractivity contribution in [2.75, 3.05) is 38.5 Å². The first-order valence-corrected chi connectivity index (χ1v) is 13.4. The summed E-state index contributed by atoms with van der Waals surface area (Å²) >= 11 is 0. The van der Waals surface area contributed by atoms with Crippen molar-refractivity contribution in [1.29, 1.82) is 0 Å². The van der Waals surface area contributed by atoms with E-state index >= 15 is 0 Å². The Labute approximate surface area is 204 Å². The third-order valence-corrected chi connectivity index (χ3v) is 8.05. The zero-order chi connectivity index (χ0) is 26.1. The van der Waals surface area contributed by atoms with E-state index in [0.29, 0.717) is 31.7 Å². The van der Waals surface area contributed by atoms with Gasteiger partial charge < -0.3 is 15.3 Å². The lowest BCUT2D eigenvalue weighted by molar-refractivity contribution is -0.192. The summed E-state index contributed by atoms with van der Waals surface area (Å²) < 4.78 is 59.0. The Hall–Kier alpha value is -2.18. The number of carboxylic acid groups (broad SMARTS) is 1. The van der Waals surface area contributed by atoms with Crippen LogP contribution in [0, 0.1) is 6.92 Å². The molecular weight excluding hydrogens is 487 g/mol. The molecule has 1 heterocycles. The maximum atomic E-state index is 13.4. The number of alkyl halides is 3. The molecule has 8 nitrogen and oxygen atoms in total. The second kappa shape index (κ2) is 13.2. The number of carbonyl (C=O) groups is 2. The predicted molar refractivity (Wildman–Crippen MR) is 126 cm³/mol. The van der Waals surface area contributed by atoms with Gasteiger partial charge in [-0.1, -0.05) is 43.9 Å². The van der Waals surface area contributed by atoms with E-state index < -0.39 is 22.2 Å². The van der Waals surface area contributed by atoms with E-state index in [-0.39, 0.29) is 24.2 Å². The van der Waals surface area contributed by atoms with Crippen molar-refractivity contribution in [2.24, 2.45) is 0 Å². The highest BCUT2D eigenvalue weighted by Crippen LogP contribution is 2.24. The number of amides is 1. The van der Waals surface area contributed by atoms with Gasteiger partial charge in [0.05, 0.1) is 5.75 Å². The van der Waals surface area contributed by atoms with Gasteiger partial charge in [-0.05, 0) is 31.4 Å². The van der Waals surface area contributed by atoms with Crippen LogP contribution in [0.25, 0.3) is 0 Å². The maximum absolute atomic E-state index is 13.4. The largest absolute Gasteiger partial charge is 0.490 e. The van der Waals surface area contributed by atoms with Gasteiger partial charge in [-0.15, -0.1) is 0 Å². The zero-order valence-corrected chi connectivity index (χ0v) is 20.7. The van der Waals surface area contributed by atoms with E-state index in [1.807, 2.05) is 36.1 Å². The third kappa shape index (κ3) is 9.08. The molecule has 1 aliphatic heterocycles. The van der Waals surface area contributed by atoms with Crippen molar-refractivity contribution >= 4 is 21.9 Å². The van der Waals surface area contributed by atoms with Crippen LogP contribution in [-0.4, -0.2) is 85.3 Å². The van der Waals surface area contributed by atoms with Gasteiger partial charge in [0, 0.05) is 44.3 Å². The molecule has 1 aliphatic carbocycles. The minimum atomic E-state index is -5.08. The quantitative estimate of drug-likeness (QED) is 0.558. The fourth-order valence-electron chi connectivity index (χ4n) is 4.25. The molecule has 0 spiro atoms. The summed E-state index contributed by atoms with van der Waals surface area (Å²) in [7, 11) is -3.35. The second-order valence-electron chi connectivity index (χ2n) is 8.73. The van der Waals surface area contributed by atoms with Crippen LogP contribution in [0.2, 0.25) is 0 Å². The molecule has 3 rings (SSSR count). The lowest BCUT2D eigenvalue weighted by atomic mass is 10.0. The summed E-state index contributed by atoms with van der Waals surface area (Å²) in [5, 5.41) is 10.3. The first kappa shape index (κ1) is 29.1. The Morgan fingerprint density at radius 1 is 1.09 bits per heavy atom. The molecule has 0 radical (unpaired) electrons. The van der Waals surface area contributed by atoms with Gasteiger partial charge in [-0.25, -0.2) is 13.2 Å². The lowest BCUT2D eigenvalue weighted by Gasteiger charge is -2.33. The van der Waals surface area contributed by atoms with Crippen molar-refractivity contribution < 1.29 is 36.3 Å². The molecule has 2 N–H and O–H groups in total. The highest BCUT2D eigenvalue weighted by molar-refractivity contribution is 7.89. The van der Waals surface area contributed by atoms with Crippen LogP contribution in [0.1, 0.15) is 54.4 Å². The maximum Gasteiger partial charge on any atom is 0.490 e. The van der Waals surface area contributed by atoms with Crippen LogP contribution >= 0.6 is 0 Å². The standard InChI is InChI=1S/C21H33N3O3S.C2HF3O2/c1-18-8-6-7-11-20(18)21(25)24(19-9-4-2-3-5-10-19)16-17-28(26,27)23-14-12-22-13-15-23;3-2(4,5)1(6)7/h6-8,11,19,22H,2-5,9-10,12-17H2,1H3;(H,6,7). The number of nitrogens with one attached hydrogen (secondary N) is 1. The Morgan fingerprint density at radius 3 is 2.14 bits per heavy atom. The average molecular weight is 522 g/mol. The number of aryl methyl sites for hydroxylation is 1. The third-order valence-electron chi connectivity index (χ3n) is 6.20. The van der Waals surface area contributed by atoms with Crippen molar-refractivity contribution in [1.82, 2.24) is 14.5 Å². The number of aliphatic carboxylic acids is 1. The lowest BCUT2D eigenvalue weighted by Crippen LogP contribution is -2.49. The zero-order valence-electron chi connectivity index (χ0n) is 19.9. The van der Waals surface area contributed by atoms with Crippen molar-refractivity contribution in [3.63, 3.8) is 0 Å². The van der Waals surface area contributed by atoms with Gasteiger partial charge in [0.1, 0.15) is 0 Å². The molecule has 1 aromatic carbocycles. The normalized spacial score (nSPS) is 18.2. The molecule has 198 valence electrons. The Kier molecular flexibility index (Phi) is 11.0. The summed E-state index contributed by atoms with van der Waals surface area (Å²) in [5.41, 5.74) is 1.63. The number of carbonyl (C=O) groups excluding carboxylic acids is 1. The van der Waals surface area contributed by atoms with E-state index in [1.54, 1.807) is 4.31 Å². The van der Waals surface area contributed by atoms with Gasteiger partial charge >= 0.3 is 12.1 Å². The molecule has 1 saturated carbocycles. The Bertz CT molecular complexity index is 942. The first-order valence-electron chi connectivity index (χ1n) is 11.8. The minimum Gasteiger partial charge on any atom is -0.475 e. The number of carboxylic acids is 1. The number of halogens is 3. The fourth-order valence-corrected chi connectivity index (χ4v) is 5.68. The van der Waals surface area contributed by atoms with Crippen LogP contribution in [0.4, 0.5) is 13.2 Å². The highest BCUT2D eigenvalue weighted by Gasteiger charge is 2.38. The van der Waals surface area contributed by atoms with Crippen LogP contribution in [0.3, 0.4) is 0 Å². The van der Waals surface area contributed by atoms with Gasteiger partial charge in [-0.3, -0.25) is 4.79 Å². The SMILES string of the molecule is Cc1ccccc1C(=O)N(CCS(=O)(=O)N1CCNCC1)C1CCCCCC1.O=C(O)C(F)(F)F. The van der Waals surface area contributed by atoms with Crippen LogP contribution < -0.4 is 5.32 Å². The van der Waals surface area contributed by atoms with E-state index in [9.17, 15) is 26.4 Å². The molecule has 35 heavy (non-hydrogen) atoms. The van der Waals surface area contributed by atoms with Crippen LogP contribution in [0.5, 0.6) is 0 Å². The Balaban J connectivity index is 0.000000540. The fraction of sp³-hybridized carbons (Fsp3) is 0.652. The number of hydrogen-bond acceptors (Lipinski definition) is 5. The molecule has 2 aliphatic rings. The molecule has 0 unspecified atom stereocenters. The summed E-state index contributed by atoms with van der Waals surface area (Å²) in [6.45, 7) is 4.61. The smallest absolute Gasteiger partial charge is 0.475 e. The van der Waals surface area contributed by atoms with Crippen molar-refractivity contribution in [2.45, 2.75) is 57.7 Å². The first-order chi connectivity index (χ1) is 16.4. The van der Waals surface area contributed by atoms with Crippen LogP contribution in [0.15, 0.2) is 24.3 Å². The van der Waals surface area contributed by atoms with Gasteiger partial charge in [0.25, 0.3) is 5.91 Å². The number of rotatable bonds is 6. The number of hydrogen-bond donors (Lipinski definition) is 2. The molecule has 12 heteroatoms. The van der Waals surface area contributed by atoms with E-state index in [4.69, 9.17) is 9.90 Å². The van der Waals surface area contributed by atoms with E-state index in [2.05, 4.69) is 5.32 Å². The number of piperazine rings is 1. The second-order valence-corrected chi connectivity index (χ2v) is 10.8. The molecule has 1 aromatic rings. The van der Waals surface area contributed by atoms with Crippen LogP contribution in [-0.2, 0) is 14.8 Å².